The first kappa shape index (κ1) is 19.2. The van der Waals surface area contributed by atoms with Crippen LogP contribution in [0.2, 0.25) is 0 Å². The Labute approximate surface area is 158 Å². The maximum atomic E-state index is 12.0. The van der Waals surface area contributed by atoms with Crippen LogP contribution in [0.1, 0.15) is 32.1 Å². The van der Waals surface area contributed by atoms with Crippen molar-refractivity contribution < 1.29 is 23.5 Å². The van der Waals surface area contributed by atoms with Crippen LogP contribution in [0.5, 0.6) is 11.5 Å². The first-order valence-corrected chi connectivity index (χ1v) is 9.21. The molecule has 8 heteroatoms. The molecule has 8 nitrogen and oxygen atoms in total. The third kappa shape index (κ3) is 5.19. The van der Waals surface area contributed by atoms with E-state index in [0.717, 1.165) is 25.0 Å². The van der Waals surface area contributed by atoms with Gasteiger partial charge >= 0.3 is 0 Å². The van der Waals surface area contributed by atoms with Gasteiger partial charge < -0.3 is 24.1 Å². The lowest BCUT2D eigenvalue weighted by Crippen LogP contribution is -2.31. The van der Waals surface area contributed by atoms with Gasteiger partial charge in [-0.1, -0.05) is 5.16 Å². The molecule has 2 heterocycles. The van der Waals surface area contributed by atoms with E-state index in [1.165, 1.54) is 0 Å². The third-order valence-corrected chi connectivity index (χ3v) is 4.31. The molecule has 1 amide bonds. The Balaban J connectivity index is 1.54. The van der Waals surface area contributed by atoms with Crippen molar-refractivity contribution >= 4 is 5.91 Å². The monoisotopic (exact) mass is 375 g/mol. The van der Waals surface area contributed by atoms with E-state index in [1.807, 2.05) is 19.1 Å². The molecule has 3 rings (SSSR count). The van der Waals surface area contributed by atoms with Crippen molar-refractivity contribution in [2.45, 2.75) is 38.7 Å². The maximum absolute atomic E-state index is 12.0. The van der Waals surface area contributed by atoms with Gasteiger partial charge in [0.15, 0.2) is 11.5 Å². The molecule has 0 bridgehead atoms. The lowest BCUT2D eigenvalue weighted by atomic mass is 10.2. The molecule has 1 aliphatic rings. The summed E-state index contributed by atoms with van der Waals surface area (Å²) in [6.07, 6.45) is 2.87. The van der Waals surface area contributed by atoms with E-state index in [2.05, 4.69) is 15.5 Å². The van der Waals surface area contributed by atoms with Gasteiger partial charge in [-0.25, -0.2) is 0 Å². The van der Waals surface area contributed by atoms with E-state index in [-0.39, 0.29) is 12.0 Å². The summed E-state index contributed by atoms with van der Waals surface area (Å²) in [4.78, 5) is 16.3. The normalized spacial score (nSPS) is 16.3. The molecule has 27 heavy (non-hydrogen) atoms. The Morgan fingerprint density at radius 1 is 1.37 bits per heavy atom. The van der Waals surface area contributed by atoms with Crippen molar-refractivity contribution in [1.82, 2.24) is 15.5 Å². The van der Waals surface area contributed by atoms with Gasteiger partial charge in [0.1, 0.15) is 0 Å². The molecule has 2 aromatic rings. The zero-order chi connectivity index (χ0) is 19.1. The molecule has 0 unspecified atom stereocenters. The minimum absolute atomic E-state index is 0.0478. The molecule has 0 spiro atoms. The maximum Gasteiger partial charge on any atom is 0.227 e. The number of nitrogens with zero attached hydrogens (tertiary/aromatic N) is 2. The van der Waals surface area contributed by atoms with Crippen LogP contribution in [0.15, 0.2) is 22.7 Å². The molecule has 1 fully saturated rings. The van der Waals surface area contributed by atoms with Gasteiger partial charge in [-0.05, 0) is 38.0 Å². The highest BCUT2D eigenvalue weighted by molar-refractivity contribution is 5.76. The molecule has 1 aromatic carbocycles. The third-order valence-electron chi connectivity index (χ3n) is 4.31. The van der Waals surface area contributed by atoms with E-state index in [9.17, 15) is 4.79 Å². The van der Waals surface area contributed by atoms with E-state index >= 15 is 0 Å². The van der Waals surface area contributed by atoms with Crippen LogP contribution in [0.3, 0.4) is 0 Å². The van der Waals surface area contributed by atoms with Crippen molar-refractivity contribution in [3.05, 3.63) is 24.1 Å². The number of benzene rings is 1. The summed E-state index contributed by atoms with van der Waals surface area (Å²) in [7, 11) is 1.59. The quantitative estimate of drug-likeness (QED) is 0.719. The van der Waals surface area contributed by atoms with Crippen molar-refractivity contribution in [3.63, 3.8) is 0 Å². The van der Waals surface area contributed by atoms with Crippen LogP contribution in [0.25, 0.3) is 11.4 Å². The predicted octanol–water partition coefficient (Wildman–Crippen LogP) is 2.37. The molecule has 0 saturated carbocycles. The Kier molecular flexibility index (Phi) is 6.64. The first-order valence-electron chi connectivity index (χ1n) is 9.21. The second-order valence-electron chi connectivity index (χ2n) is 6.25. The smallest absolute Gasteiger partial charge is 0.227 e. The van der Waals surface area contributed by atoms with Crippen LogP contribution in [0, 0.1) is 0 Å². The zero-order valence-corrected chi connectivity index (χ0v) is 15.7. The number of aromatic nitrogens is 2. The average Bonchev–Trinajstić information content (AvgIpc) is 3.37. The second kappa shape index (κ2) is 9.36. The molecule has 1 saturated heterocycles. The van der Waals surface area contributed by atoms with Gasteiger partial charge in [-0.3, -0.25) is 4.79 Å². The summed E-state index contributed by atoms with van der Waals surface area (Å²) in [6, 6.07) is 5.45. The number of hydrogen-bond acceptors (Lipinski definition) is 7. The number of ether oxygens (including phenoxy) is 3. The highest BCUT2D eigenvalue weighted by Crippen LogP contribution is 2.31. The van der Waals surface area contributed by atoms with Gasteiger partial charge in [0.2, 0.25) is 17.6 Å². The van der Waals surface area contributed by atoms with Crippen LogP contribution in [-0.2, 0) is 16.0 Å². The van der Waals surface area contributed by atoms with Gasteiger partial charge in [0.25, 0.3) is 0 Å². The molecule has 1 aliphatic heterocycles. The molecule has 1 aromatic heterocycles. The van der Waals surface area contributed by atoms with E-state index in [1.54, 1.807) is 13.2 Å². The van der Waals surface area contributed by atoms with Crippen molar-refractivity contribution in [1.29, 1.82) is 0 Å². The Morgan fingerprint density at radius 2 is 2.26 bits per heavy atom. The minimum Gasteiger partial charge on any atom is -0.493 e. The standard InChI is InChI=1S/C19H25N3O5/c1-3-25-16-11-13(6-7-15(16)24-2)19-21-18(27-22-19)9-8-17(23)20-12-14-5-4-10-26-14/h6-7,11,14H,3-5,8-10,12H2,1-2H3,(H,20,23)/t14-/m1/s1. The van der Waals surface area contributed by atoms with Crippen molar-refractivity contribution in [3.8, 4) is 22.9 Å². The number of nitrogens with one attached hydrogen (secondary N) is 1. The molecular formula is C19H25N3O5. The summed E-state index contributed by atoms with van der Waals surface area (Å²) in [5.74, 6) is 2.09. The predicted molar refractivity (Wildman–Crippen MR) is 97.8 cm³/mol. The fourth-order valence-corrected chi connectivity index (χ4v) is 2.90. The first-order chi connectivity index (χ1) is 13.2. The van der Waals surface area contributed by atoms with E-state index in [4.69, 9.17) is 18.7 Å². The number of hydrogen-bond donors (Lipinski definition) is 1. The highest BCUT2D eigenvalue weighted by atomic mass is 16.5. The van der Waals surface area contributed by atoms with Gasteiger partial charge in [-0.2, -0.15) is 4.98 Å². The van der Waals surface area contributed by atoms with Crippen molar-refractivity contribution in [2.24, 2.45) is 0 Å². The molecule has 1 N–H and O–H groups in total. The van der Waals surface area contributed by atoms with E-state index in [0.29, 0.717) is 49.2 Å². The highest BCUT2D eigenvalue weighted by Gasteiger charge is 2.17. The number of methoxy groups -OCH3 is 1. The topological polar surface area (TPSA) is 95.7 Å². The Bertz CT molecular complexity index is 756. The number of rotatable bonds is 9. The summed E-state index contributed by atoms with van der Waals surface area (Å²) in [6.45, 7) is 3.77. The summed E-state index contributed by atoms with van der Waals surface area (Å²) in [5.41, 5.74) is 0.761. The zero-order valence-electron chi connectivity index (χ0n) is 15.7. The summed E-state index contributed by atoms with van der Waals surface area (Å²) >= 11 is 0. The van der Waals surface area contributed by atoms with Crippen molar-refractivity contribution in [2.75, 3.05) is 26.9 Å². The Hall–Kier alpha value is -2.61. The van der Waals surface area contributed by atoms with Gasteiger partial charge in [0.05, 0.1) is 19.8 Å². The van der Waals surface area contributed by atoms with Crippen LogP contribution in [0.4, 0.5) is 0 Å². The molecular weight excluding hydrogens is 350 g/mol. The number of carbonyl (C=O) groups excluding carboxylic acids is 1. The van der Waals surface area contributed by atoms with Gasteiger partial charge in [-0.15, -0.1) is 0 Å². The minimum atomic E-state index is -0.0478. The van der Waals surface area contributed by atoms with E-state index < -0.39 is 0 Å². The fraction of sp³-hybridized carbons (Fsp3) is 0.526. The number of carbonyl (C=O) groups is 1. The SMILES string of the molecule is CCOc1cc(-c2noc(CCC(=O)NC[C@H]3CCCO3)n2)ccc1OC. The summed E-state index contributed by atoms with van der Waals surface area (Å²) < 4.78 is 21.6. The second-order valence-corrected chi connectivity index (χ2v) is 6.25. The number of aryl methyl sites for hydroxylation is 1. The molecule has 0 radical (unpaired) electrons. The largest absolute Gasteiger partial charge is 0.493 e. The summed E-state index contributed by atoms with van der Waals surface area (Å²) in [5, 5.41) is 6.88. The number of amides is 1. The lowest BCUT2D eigenvalue weighted by molar-refractivity contribution is -0.121. The molecule has 0 aliphatic carbocycles. The van der Waals surface area contributed by atoms with Crippen LogP contribution >= 0.6 is 0 Å². The van der Waals surface area contributed by atoms with Crippen LogP contribution in [-0.4, -0.2) is 49.0 Å². The van der Waals surface area contributed by atoms with Gasteiger partial charge in [0, 0.05) is 31.6 Å². The lowest BCUT2D eigenvalue weighted by Gasteiger charge is -2.10. The fourth-order valence-electron chi connectivity index (χ4n) is 2.90. The van der Waals surface area contributed by atoms with Crippen LogP contribution < -0.4 is 14.8 Å². The Morgan fingerprint density at radius 3 is 3.00 bits per heavy atom. The average molecular weight is 375 g/mol. The molecule has 1 atom stereocenters. The molecule has 146 valence electrons.